The van der Waals surface area contributed by atoms with Crippen LogP contribution in [0.4, 0.5) is 5.82 Å². The molecular weight excluding hydrogens is 532 g/mol. The van der Waals surface area contributed by atoms with Gasteiger partial charge in [-0.1, -0.05) is 54.6 Å². The molecule has 2 N–H and O–H groups in total. The summed E-state index contributed by atoms with van der Waals surface area (Å²) < 4.78 is 23.9. The van der Waals surface area contributed by atoms with Crippen molar-refractivity contribution in [2.75, 3.05) is 12.3 Å². The lowest BCUT2D eigenvalue weighted by Gasteiger charge is -2.24. The third kappa shape index (κ3) is 6.28. The Balaban J connectivity index is 1.49. The van der Waals surface area contributed by atoms with E-state index in [-0.39, 0.29) is 22.5 Å². The number of hydrogen-bond donors (Lipinski definition) is 1. The van der Waals surface area contributed by atoms with Gasteiger partial charge in [-0.15, -0.1) is 0 Å². The van der Waals surface area contributed by atoms with E-state index in [4.69, 9.17) is 24.7 Å². The first-order valence-electron chi connectivity index (χ1n) is 12.5. The van der Waals surface area contributed by atoms with E-state index < -0.39 is 54.7 Å². The standard InChI is InChI=1S/C29H24N4O8/c30-22-16-31-33(29(37)32-22)25-24(41-28(36)20-14-8-3-9-15-20)23(40-27(35)19-12-6-2-7-13-19)21(39-25)17-38-26(34)18-10-4-1-5-11-18/h1-16,21,23-25H,17H2,(H2,30,32,37). The van der Waals surface area contributed by atoms with Gasteiger partial charge < -0.3 is 24.7 Å². The summed E-state index contributed by atoms with van der Waals surface area (Å²) in [6.07, 6.45) is -4.17. The summed E-state index contributed by atoms with van der Waals surface area (Å²) in [4.78, 5) is 55.3. The van der Waals surface area contributed by atoms with Gasteiger partial charge in [0.25, 0.3) is 0 Å². The summed E-state index contributed by atoms with van der Waals surface area (Å²) in [6.45, 7) is -0.409. The Bertz CT molecular complexity index is 1580. The predicted molar refractivity (Wildman–Crippen MR) is 143 cm³/mol. The molecular formula is C29H24N4O8. The number of hydrogen-bond acceptors (Lipinski definition) is 11. The van der Waals surface area contributed by atoms with Gasteiger partial charge in [-0.25, -0.2) is 19.2 Å². The summed E-state index contributed by atoms with van der Waals surface area (Å²) in [5.74, 6) is -2.32. The lowest BCUT2D eigenvalue weighted by molar-refractivity contribution is -0.0698. The normalized spacial score (nSPS) is 19.7. The highest BCUT2D eigenvalue weighted by Gasteiger charge is 2.52. The Morgan fingerprint density at radius 3 is 1.76 bits per heavy atom. The van der Waals surface area contributed by atoms with Crippen molar-refractivity contribution in [1.29, 1.82) is 0 Å². The summed E-state index contributed by atoms with van der Waals surface area (Å²) >= 11 is 0. The van der Waals surface area contributed by atoms with Gasteiger partial charge in [-0.3, -0.25) is 0 Å². The van der Waals surface area contributed by atoms with Gasteiger partial charge in [0, 0.05) is 0 Å². The topological polar surface area (TPSA) is 162 Å². The highest BCUT2D eigenvalue weighted by Crippen LogP contribution is 2.34. The first kappa shape index (κ1) is 27.2. The van der Waals surface area contributed by atoms with Gasteiger partial charge in [-0.2, -0.15) is 14.8 Å². The maximum atomic E-state index is 13.1. The van der Waals surface area contributed by atoms with Gasteiger partial charge in [-0.05, 0) is 36.4 Å². The molecule has 5 rings (SSSR count). The molecule has 4 aromatic rings. The van der Waals surface area contributed by atoms with E-state index in [9.17, 15) is 19.2 Å². The minimum absolute atomic E-state index is 0.137. The van der Waals surface area contributed by atoms with Crippen LogP contribution in [0.2, 0.25) is 0 Å². The molecule has 4 atom stereocenters. The number of ether oxygens (including phenoxy) is 4. The molecule has 1 saturated heterocycles. The van der Waals surface area contributed by atoms with E-state index in [1.54, 1.807) is 78.9 Å². The second-order valence-electron chi connectivity index (χ2n) is 8.91. The van der Waals surface area contributed by atoms with Crippen LogP contribution < -0.4 is 11.4 Å². The molecule has 0 saturated carbocycles. The smallest absolute Gasteiger partial charge is 0.368 e. The highest BCUT2D eigenvalue weighted by molar-refractivity contribution is 5.91. The van der Waals surface area contributed by atoms with Crippen molar-refractivity contribution in [3.63, 3.8) is 0 Å². The van der Waals surface area contributed by atoms with Crippen LogP contribution in [0.25, 0.3) is 0 Å². The molecule has 41 heavy (non-hydrogen) atoms. The highest BCUT2D eigenvalue weighted by atomic mass is 16.7. The maximum absolute atomic E-state index is 13.1. The quantitative estimate of drug-likeness (QED) is 0.251. The molecule has 1 aromatic heterocycles. The molecule has 2 heterocycles. The molecule has 4 unspecified atom stereocenters. The monoisotopic (exact) mass is 556 g/mol. The number of aromatic nitrogens is 3. The number of benzene rings is 3. The van der Waals surface area contributed by atoms with E-state index in [1.807, 2.05) is 0 Å². The van der Waals surface area contributed by atoms with Crippen LogP contribution in [-0.4, -0.2) is 57.6 Å². The molecule has 3 aromatic carbocycles. The molecule has 0 radical (unpaired) electrons. The SMILES string of the molecule is Nc1cnn(C2OC(COC(=O)c3ccccc3)C(OC(=O)c3ccccc3)C2OC(=O)c2ccccc2)c(=O)n1. The number of rotatable bonds is 8. The number of carbonyl (C=O) groups is 3. The predicted octanol–water partition coefficient (Wildman–Crippen LogP) is 2.43. The van der Waals surface area contributed by atoms with Crippen LogP contribution >= 0.6 is 0 Å². The zero-order chi connectivity index (χ0) is 28.8. The van der Waals surface area contributed by atoms with Crippen LogP contribution in [0.3, 0.4) is 0 Å². The minimum atomic E-state index is -1.41. The number of nitrogens with zero attached hydrogens (tertiary/aromatic N) is 3. The minimum Gasteiger partial charge on any atom is -0.459 e. The van der Waals surface area contributed by atoms with Gasteiger partial charge >= 0.3 is 23.6 Å². The first-order valence-corrected chi connectivity index (χ1v) is 12.5. The Labute approximate surface area is 233 Å². The Morgan fingerprint density at radius 1 is 0.756 bits per heavy atom. The van der Waals surface area contributed by atoms with Gasteiger partial charge in [0.2, 0.25) is 0 Å². The largest absolute Gasteiger partial charge is 0.459 e. The molecule has 0 amide bonds. The lowest BCUT2D eigenvalue weighted by atomic mass is 10.1. The number of esters is 3. The summed E-state index contributed by atoms with van der Waals surface area (Å²) in [5, 5.41) is 3.99. The van der Waals surface area contributed by atoms with Crippen LogP contribution in [-0.2, 0) is 18.9 Å². The summed E-state index contributed by atoms with van der Waals surface area (Å²) in [7, 11) is 0. The lowest BCUT2D eigenvalue weighted by Crippen LogP contribution is -2.43. The number of nitrogen functional groups attached to an aromatic ring is 1. The molecule has 1 aliphatic heterocycles. The maximum Gasteiger partial charge on any atom is 0.368 e. The Hall–Kier alpha value is -5.36. The van der Waals surface area contributed by atoms with Crippen LogP contribution in [0.1, 0.15) is 37.3 Å². The molecule has 12 heteroatoms. The van der Waals surface area contributed by atoms with Gasteiger partial charge in [0.05, 0.1) is 22.9 Å². The zero-order valence-electron chi connectivity index (χ0n) is 21.4. The molecule has 0 spiro atoms. The number of carbonyl (C=O) groups excluding carboxylic acids is 3. The van der Waals surface area contributed by atoms with E-state index in [1.165, 1.54) is 12.1 Å². The third-order valence-electron chi connectivity index (χ3n) is 6.16. The van der Waals surface area contributed by atoms with E-state index in [2.05, 4.69) is 10.1 Å². The van der Waals surface area contributed by atoms with Crippen molar-refractivity contribution in [2.45, 2.75) is 24.5 Å². The Kier molecular flexibility index (Phi) is 8.11. The fraction of sp³-hybridized carbons (Fsp3) is 0.172. The van der Waals surface area contributed by atoms with Crippen LogP contribution in [0, 0.1) is 0 Å². The number of nitrogens with two attached hydrogens (primary N) is 1. The van der Waals surface area contributed by atoms with Crippen molar-refractivity contribution in [2.24, 2.45) is 0 Å². The average molecular weight is 557 g/mol. The van der Waals surface area contributed by atoms with E-state index in [0.717, 1.165) is 10.9 Å². The molecule has 0 bridgehead atoms. The van der Waals surface area contributed by atoms with Crippen molar-refractivity contribution >= 4 is 23.7 Å². The van der Waals surface area contributed by atoms with Crippen molar-refractivity contribution in [3.8, 4) is 0 Å². The molecule has 1 fully saturated rings. The zero-order valence-corrected chi connectivity index (χ0v) is 21.4. The Morgan fingerprint density at radius 2 is 1.24 bits per heavy atom. The molecule has 1 aliphatic rings. The molecule has 12 nitrogen and oxygen atoms in total. The second-order valence-corrected chi connectivity index (χ2v) is 8.91. The van der Waals surface area contributed by atoms with Crippen molar-refractivity contribution < 1.29 is 33.3 Å². The van der Waals surface area contributed by atoms with Crippen molar-refractivity contribution in [3.05, 3.63) is 124 Å². The van der Waals surface area contributed by atoms with Crippen LogP contribution in [0.15, 0.2) is 102 Å². The number of anilines is 1. The van der Waals surface area contributed by atoms with E-state index >= 15 is 0 Å². The summed E-state index contributed by atoms with van der Waals surface area (Å²) in [5.41, 5.74) is 5.41. The fourth-order valence-electron chi connectivity index (χ4n) is 4.19. The second kappa shape index (κ2) is 12.2. The van der Waals surface area contributed by atoms with Gasteiger partial charge in [0.15, 0.2) is 18.4 Å². The molecule has 0 aliphatic carbocycles. The fourth-order valence-corrected chi connectivity index (χ4v) is 4.19. The van der Waals surface area contributed by atoms with Crippen LogP contribution in [0.5, 0.6) is 0 Å². The molecule has 208 valence electrons. The third-order valence-corrected chi connectivity index (χ3v) is 6.16. The van der Waals surface area contributed by atoms with Crippen molar-refractivity contribution in [1.82, 2.24) is 14.8 Å². The van der Waals surface area contributed by atoms with Gasteiger partial charge in [0.1, 0.15) is 18.5 Å². The summed E-state index contributed by atoms with van der Waals surface area (Å²) in [6, 6.07) is 24.4. The van der Waals surface area contributed by atoms with E-state index in [0.29, 0.717) is 0 Å². The first-order chi connectivity index (χ1) is 19.9. The average Bonchev–Trinajstić information content (AvgIpc) is 3.33.